The molecule has 0 bridgehead atoms. The van der Waals surface area contributed by atoms with E-state index in [0.717, 1.165) is 30.9 Å². The van der Waals surface area contributed by atoms with Gasteiger partial charge in [0.05, 0.1) is 18.2 Å². The van der Waals surface area contributed by atoms with Gasteiger partial charge in [-0.2, -0.15) is 0 Å². The summed E-state index contributed by atoms with van der Waals surface area (Å²) in [6.07, 6.45) is 6.05. The van der Waals surface area contributed by atoms with E-state index in [2.05, 4.69) is 17.2 Å². The monoisotopic (exact) mass is 272 g/mol. The minimum absolute atomic E-state index is 0.00797. The molecule has 0 spiro atoms. The molecule has 2 aliphatic heterocycles. The molecule has 0 amide bonds. The zero-order valence-corrected chi connectivity index (χ0v) is 12.1. The van der Waals surface area contributed by atoms with Crippen molar-refractivity contribution in [3.63, 3.8) is 0 Å². The van der Waals surface area contributed by atoms with Crippen molar-refractivity contribution in [1.29, 1.82) is 0 Å². The van der Waals surface area contributed by atoms with Gasteiger partial charge in [0.25, 0.3) is 0 Å². The van der Waals surface area contributed by atoms with E-state index in [-0.39, 0.29) is 17.6 Å². The van der Waals surface area contributed by atoms with E-state index in [1.54, 1.807) is 18.8 Å². The largest absolute Gasteiger partial charge is 0.390 e. The quantitative estimate of drug-likeness (QED) is 0.753. The summed E-state index contributed by atoms with van der Waals surface area (Å²) in [5.41, 5.74) is 0.128. The minimum atomic E-state index is -0.305. The highest BCUT2D eigenvalue weighted by Gasteiger charge is 2.40. The number of amidine groups is 1. The second-order valence-electron chi connectivity index (χ2n) is 5.08. The van der Waals surface area contributed by atoms with Crippen molar-refractivity contribution in [2.24, 2.45) is 4.99 Å². The summed E-state index contributed by atoms with van der Waals surface area (Å²) >= 11 is 1.65. The number of hydrogen-bond donors (Lipinski definition) is 2. The lowest BCUT2D eigenvalue weighted by Crippen LogP contribution is -2.44. The van der Waals surface area contributed by atoms with Crippen molar-refractivity contribution in [2.45, 2.75) is 69.1 Å². The molecule has 2 saturated heterocycles. The molecule has 0 saturated carbocycles. The summed E-state index contributed by atoms with van der Waals surface area (Å²) in [6.45, 7) is 2.18. The lowest BCUT2D eigenvalue weighted by Gasteiger charge is -2.33. The first-order chi connectivity index (χ1) is 8.74. The Bertz CT molecular complexity index is 299. The summed E-state index contributed by atoms with van der Waals surface area (Å²) in [7, 11) is 1.80. The molecule has 2 rings (SSSR count). The van der Waals surface area contributed by atoms with Gasteiger partial charge in [-0.3, -0.25) is 4.99 Å². The van der Waals surface area contributed by atoms with Crippen LogP contribution in [0.5, 0.6) is 0 Å². The molecule has 2 heterocycles. The fourth-order valence-electron chi connectivity index (χ4n) is 2.56. The number of fused-ring (bicyclic) bond motifs is 1. The van der Waals surface area contributed by atoms with Crippen LogP contribution < -0.4 is 5.32 Å². The Morgan fingerprint density at radius 3 is 3.06 bits per heavy atom. The molecule has 5 heteroatoms. The number of nitrogens with zero attached hydrogens (tertiary/aromatic N) is 1. The smallest absolute Gasteiger partial charge is 0.159 e. The van der Waals surface area contributed by atoms with Crippen LogP contribution in [-0.4, -0.2) is 41.0 Å². The number of thioether (sulfide) groups is 1. The molecule has 0 aromatic carbocycles. The Balaban J connectivity index is 1.79. The van der Waals surface area contributed by atoms with E-state index in [0.29, 0.717) is 6.04 Å². The van der Waals surface area contributed by atoms with Crippen molar-refractivity contribution in [2.75, 3.05) is 7.05 Å². The number of rotatable bonds is 5. The molecular weight excluding hydrogens is 248 g/mol. The van der Waals surface area contributed by atoms with E-state index >= 15 is 0 Å². The van der Waals surface area contributed by atoms with E-state index in [1.165, 1.54) is 12.8 Å². The van der Waals surface area contributed by atoms with Gasteiger partial charge in [-0.25, -0.2) is 0 Å². The Morgan fingerprint density at radius 2 is 2.33 bits per heavy atom. The van der Waals surface area contributed by atoms with Crippen LogP contribution in [0, 0.1) is 0 Å². The molecule has 0 radical (unpaired) electrons. The highest BCUT2D eigenvalue weighted by atomic mass is 32.2. The summed E-state index contributed by atoms with van der Waals surface area (Å²) in [5, 5.41) is 14.5. The Hall–Kier alpha value is -0.260. The van der Waals surface area contributed by atoms with Crippen molar-refractivity contribution >= 4 is 16.9 Å². The summed E-state index contributed by atoms with van der Waals surface area (Å²) < 4.78 is 6.00. The molecule has 0 aromatic rings. The molecular formula is C13H24N2O2S. The molecule has 0 aliphatic carbocycles. The third-order valence-electron chi connectivity index (χ3n) is 3.67. The number of aliphatic hydroxyl groups is 1. The molecule has 2 N–H and O–H groups in total. The standard InChI is InChI=1S/C13H24N2O2S/c1-3-4-5-6-10(16)11-8-7-9-12(17-11)18-13(14-2)15-9/h9-12,16H,3-8H2,1-2H3,(H,14,15)/t9-,10+,11-,12-/m1/s1. The lowest BCUT2D eigenvalue weighted by atomic mass is 9.97. The average molecular weight is 272 g/mol. The number of ether oxygens (including phenoxy) is 1. The summed E-state index contributed by atoms with van der Waals surface area (Å²) in [4.78, 5) is 4.17. The molecule has 0 unspecified atom stereocenters. The predicted octanol–water partition coefficient (Wildman–Crippen LogP) is 2.12. The van der Waals surface area contributed by atoms with Gasteiger partial charge in [0.15, 0.2) is 5.17 Å². The zero-order valence-electron chi connectivity index (χ0n) is 11.3. The van der Waals surface area contributed by atoms with E-state index in [4.69, 9.17) is 4.74 Å². The second-order valence-corrected chi connectivity index (χ2v) is 6.17. The predicted molar refractivity (Wildman–Crippen MR) is 75.9 cm³/mol. The second kappa shape index (κ2) is 6.78. The topological polar surface area (TPSA) is 53.8 Å². The molecule has 4 nitrogen and oxygen atoms in total. The highest BCUT2D eigenvalue weighted by molar-refractivity contribution is 8.14. The Labute approximate surface area is 114 Å². The molecule has 2 fully saturated rings. The summed E-state index contributed by atoms with van der Waals surface area (Å²) in [5.74, 6) is 0. The highest BCUT2D eigenvalue weighted by Crippen LogP contribution is 2.34. The van der Waals surface area contributed by atoms with E-state index < -0.39 is 0 Å². The maximum atomic E-state index is 10.2. The van der Waals surface area contributed by atoms with Gasteiger partial charge in [-0.05, 0) is 19.3 Å². The van der Waals surface area contributed by atoms with Crippen LogP contribution in [0.25, 0.3) is 0 Å². The SMILES string of the molecule is CCCCC[C@H](O)[C@H]1CC[C@H]2NC(=NC)S[C@H]2O1. The minimum Gasteiger partial charge on any atom is -0.390 e. The van der Waals surface area contributed by atoms with E-state index in [9.17, 15) is 5.11 Å². The van der Waals surface area contributed by atoms with Gasteiger partial charge in [0.2, 0.25) is 0 Å². The van der Waals surface area contributed by atoms with Crippen molar-refractivity contribution in [3.8, 4) is 0 Å². The van der Waals surface area contributed by atoms with Crippen LogP contribution in [0.1, 0.15) is 45.4 Å². The van der Waals surface area contributed by atoms with Crippen LogP contribution in [0.3, 0.4) is 0 Å². The maximum absolute atomic E-state index is 10.2. The first-order valence-electron chi connectivity index (χ1n) is 6.98. The average Bonchev–Trinajstić information content (AvgIpc) is 2.80. The van der Waals surface area contributed by atoms with Crippen LogP contribution >= 0.6 is 11.8 Å². The molecule has 18 heavy (non-hydrogen) atoms. The van der Waals surface area contributed by atoms with Crippen molar-refractivity contribution in [1.82, 2.24) is 5.32 Å². The van der Waals surface area contributed by atoms with Gasteiger partial charge >= 0.3 is 0 Å². The molecule has 2 aliphatic rings. The fourth-order valence-corrected chi connectivity index (χ4v) is 3.67. The van der Waals surface area contributed by atoms with Gasteiger partial charge in [0, 0.05) is 7.05 Å². The first-order valence-corrected chi connectivity index (χ1v) is 7.86. The number of nitrogens with one attached hydrogen (secondary N) is 1. The van der Waals surface area contributed by atoms with Crippen LogP contribution in [0.2, 0.25) is 0 Å². The number of unbranched alkanes of at least 4 members (excludes halogenated alkanes) is 2. The van der Waals surface area contributed by atoms with Crippen LogP contribution in [0.4, 0.5) is 0 Å². The Kier molecular flexibility index (Phi) is 5.33. The first kappa shape index (κ1) is 14.2. The van der Waals surface area contributed by atoms with Crippen LogP contribution in [-0.2, 0) is 4.74 Å². The van der Waals surface area contributed by atoms with Crippen molar-refractivity contribution < 1.29 is 9.84 Å². The molecule has 104 valence electrons. The van der Waals surface area contributed by atoms with Gasteiger partial charge in [-0.1, -0.05) is 37.9 Å². The molecule has 0 aromatic heterocycles. The van der Waals surface area contributed by atoms with Gasteiger partial charge < -0.3 is 15.2 Å². The molecule has 4 atom stereocenters. The van der Waals surface area contributed by atoms with Crippen LogP contribution in [0.15, 0.2) is 4.99 Å². The third-order valence-corrected chi connectivity index (χ3v) is 4.87. The summed E-state index contributed by atoms with van der Waals surface area (Å²) in [6, 6.07) is 0.368. The van der Waals surface area contributed by atoms with Gasteiger partial charge in [0.1, 0.15) is 5.44 Å². The van der Waals surface area contributed by atoms with E-state index in [1.807, 2.05) is 0 Å². The Morgan fingerprint density at radius 1 is 1.50 bits per heavy atom. The number of hydrogen-bond acceptors (Lipinski definition) is 4. The lowest BCUT2D eigenvalue weighted by molar-refractivity contribution is -0.0840. The third kappa shape index (κ3) is 3.39. The van der Waals surface area contributed by atoms with Crippen molar-refractivity contribution in [3.05, 3.63) is 0 Å². The normalized spacial score (nSPS) is 35.3. The zero-order chi connectivity index (χ0) is 13.0. The fraction of sp³-hybridized carbons (Fsp3) is 0.923. The number of aliphatic imine (C=N–C) groups is 1. The number of aliphatic hydroxyl groups excluding tert-OH is 1. The van der Waals surface area contributed by atoms with Gasteiger partial charge in [-0.15, -0.1) is 0 Å². The maximum Gasteiger partial charge on any atom is 0.159 e.